The van der Waals surface area contributed by atoms with Gasteiger partial charge in [0, 0.05) is 30.7 Å². The highest BCUT2D eigenvalue weighted by molar-refractivity contribution is 5.53. The lowest BCUT2D eigenvalue weighted by Gasteiger charge is -2.35. The smallest absolute Gasteiger partial charge is 0.162 e. The van der Waals surface area contributed by atoms with Crippen LogP contribution in [0, 0.1) is 0 Å². The highest BCUT2D eigenvalue weighted by atomic mass is 16.5. The molecular formula is C51H54O6. The van der Waals surface area contributed by atoms with Crippen LogP contribution >= 0.6 is 0 Å². The third kappa shape index (κ3) is 11.7. The molecule has 6 heteroatoms. The van der Waals surface area contributed by atoms with E-state index in [0.717, 1.165) is 57.7 Å². The van der Waals surface area contributed by atoms with Crippen molar-refractivity contribution in [1.82, 2.24) is 0 Å². The largest absolute Gasteiger partial charge is 0.489 e. The van der Waals surface area contributed by atoms with E-state index in [1.807, 2.05) is 91.0 Å². The third-order valence-electron chi connectivity index (χ3n) is 10.2. The van der Waals surface area contributed by atoms with E-state index in [9.17, 15) is 0 Å². The first-order chi connectivity index (χ1) is 28.2. The molecule has 0 radical (unpaired) electrons. The maximum atomic E-state index is 7.03. The summed E-state index contributed by atoms with van der Waals surface area (Å²) in [7, 11) is 0. The van der Waals surface area contributed by atoms with Crippen LogP contribution in [0.4, 0.5) is 0 Å². The van der Waals surface area contributed by atoms with Gasteiger partial charge in [-0.1, -0.05) is 166 Å². The van der Waals surface area contributed by atoms with Gasteiger partial charge in [0.2, 0.25) is 0 Å². The first-order valence-corrected chi connectivity index (χ1v) is 20.5. The van der Waals surface area contributed by atoms with Crippen molar-refractivity contribution in [3.8, 4) is 28.7 Å². The Labute approximate surface area is 338 Å². The van der Waals surface area contributed by atoms with Crippen molar-refractivity contribution >= 4 is 0 Å². The zero-order valence-electron chi connectivity index (χ0n) is 33.0. The zero-order valence-corrected chi connectivity index (χ0v) is 33.0. The van der Waals surface area contributed by atoms with Crippen molar-refractivity contribution in [2.75, 3.05) is 6.61 Å². The number of unbranched alkanes of at least 4 members (excludes halogenated alkanes) is 5. The highest BCUT2D eigenvalue weighted by Gasteiger charge is 2.35. The molecule has 0 aromatic heterocycles. The molecule has 0 spiro atoms. The minimum absolute atomic E-state index is 0.263. The van der Waals surface area contributed by atoms with Gasteiger partial charge in [0.25, 0.3) is 0 Å². The summed E-state index contributed by atoms with van der Waals surface area (Å²) < 4.78 is 39.7. The van der Waals surface area contributed by atoms with Crippen LogP contribution in [0.1, 0.15) is 84.9 Å². The minimum Gasteiger partial charge on any atom is -0.489 e. The van der Waals surface area contributed by atoms with Crippen LogP contribution in [0.15, 0.2) is 152 Å². The standard InChI is InChI=1S/C51H54O6/c1-2-3-4-5-6-19-30-52-50-34-45-47(55-37-41-24-15-9-16-25-41)32-44(53-35-39-20-11-7-12-21-39)33-48(45)57-51(50)43-28-29-46(54-36-40-22-13-8-14-23-40)49(31-43)56-38-42-26-17-10-18-27-42/h7-18,20-29,31-33,50-51H,2-6,19,30,34-38H2,1H3/t50-,51+/m0/s1. The summed E-state index contributed by atoms with van der Waals surface area (Å²) in [4.78, 5) is 0. The van der Waals surface area contributed by atoms with Crippen LogP contribution in [-0.4, -0.2) is 12.7 Å². The summed E-state index contributed by atoms with van der Waals surface area (Å²) in [5.74, 6) is 3.48. The van der Waals surface area contributed by atoms with Crippen LogP contribution < -0.4 is 23.7 Å². The van der Waals surface area contributed by atoms with Gasteiger partial charge < -0.3 is 28.4 Å². The molecule has 57 heavy (non-hydrogen) atoms. The van der Waals surface area contributed by atoms with Gasteiger partial charge in [-0.05, 0) is 46.4 Å². The number of benzene rings is 6. The molecule has 0 N–H and O–H groups in total. The van der Waals surface area contributed by atoms with Gasteiger partial charge in [-0.2, -0.15) is 0 Å². The van der Waals surface area contributed by atoms with E-state index in [-0.39, 0.29) is 6.10 Å². The van der Waals surface area contributed by atoms with E-state index in [2.05, 4.69) is 67.6 Å². The Bertz CT molecular complexity index is 2070. The Morgan fingerprint density at radius 1 is 0.491 bits per heavy atom. The molecule has 1 aliphatic heterocycles. The number of fused-ring (bicyclic) bond motifs is 1. The predicted octanol–water partition coefficient (Wildman–Crippen LogP) is 12.4. The second kappa shape index (κ2) is 21.0. The van der Waals surface area contributed by atoms with Gasteiger partial charge in [0.1, 0.15) is 49.8 Å². The Balaban J connectivity index is 1.19. The minimum atomic E-state index is -0.411. The van der Waals surface area contributed by atoms with E-state index in [4.69, 9.17) is 28.4 Å². The average molecular weight is 763 g/mol. The summed E-state index contributed by atoms with van der Waals surface area (Å²) in [5.41, 5.74) is 6.26. The van der Waals surface area contributed by atoms with E-state index in [1.54, 1.807) is 0 Å². The number of ether oxygens (including phenoxy) is 6. The lowest BCUT2D eigenvalue weighted by Crippen LogP contribution is -2.33. The fourth-order valence-corrected chi connectivity index (χ4v) is 7.06. The second-order valence-corrected chi connectivity index (χ2v) is 14.6. The molecule has 6 aromatic rings. The fraction of sp³-hybridized carbons (Fsp3) is 0.294. The molecule has 6 nitrogen and oxygen atoms in total. The zero-order chi connectivity index (χ0) is 38.9. The van der Waals surface area contributed by atoms with Crippen molar-refractivity contribution in [3.63, 3.8) is 0 Å². The molecule has 2 atom stereocenters. The van der Waals surface area contributed by atoms with Crippen LogP contribution in [-0.2, 0) is 37.6 Å². The molecule has 0 bridgehead atoms. The maximum absolute atomic E-state index is 7.03. The molecule has 6 aromatic carbocycles. The molecule has 7 rings (SSSR count). The lowest BCUT2D eigenvalue weighted by atomic mass is 9.93. The van der Waals surface area contributed by atoms with Gasteiger partial charge in [0.15, 0.2) is 17.6 Å². The van der Waals surface area contributed by atoms with Crippen LogP contribution in [0.3, 0.4) is 0 Å². The predicted molar refractivity (Wildman–Crippen MR) is 226 cm³/mol. The molecule has 0 fully saturated rings. The summed E-state index contributed by atoms with van der Waals surface area (Å²) in [5, 5.41) is 0. The quantitative estimate of drug-likeness (QED) is 0.0681. The maximum Gasteiger partial charge on any atom is 0.162 e. The van der Waals surface area contributed by atoms with Gasteiger partial charge in [-0.15, -0.1) is 0 Å². The monoisotopic (exact) mass is 762 g/mol. The van der Waals surface area contributed by atoms with E-state index >= 15 is 0 Å². The highest BCUT2D eigenvalue weighted by Crippen LogP contribution is 2.45. The fourth-order valence-electron chi connectivity index (χ4n) is 7.06. The first kappa shape index (κ1) is 39.5. The lowest BCUT2D eigenvalue weighted by molar-refractivity contribution is -0.0395. The first-order valence-electron chi connectivity index (χ1n) is 20.5. The Morgan fingerprint density at radius 3 is 1.58 bits per heavy atom. The van der Waals surface area contributed by atoms with Crippen molar-refractivity contribution < 1.29 is 28.4 Å². The number of hydrogen-bond donors (Lipinski definition) is 0. The van der Waals surface area contributed by atoms with Crippen LogP contribution in [0.25, 0.3) is 0 Å². The Hall–Kier alpha value is -5.72. The topological polar surface area (TPSA) is 55.4 Å². The average Bonchev–Trinajstić information content (AvgIpc) is 3.27. The molecule has 0 aliphatic carbocycles. The van der Waals surface area contributed by atoms with Gasteiger partial charge >= 0.3 is 0 Å². The van der Waals surface area contributed by atoms with Crippen molar-refractivity contribution in [1.29, 1.82) is 0 Å². The van der Waals surface area contributed by atoms with Crippen molar-refractivity contribution in [2.45, 2.75) is 90.5 Å². The molecule has 0 unspecified atom stereocenters. The Kier molecular flexibility index (Phi) is 14.5. The van der Waals surface area contributed by atoms with Crippen LogP contribution in [0.5, 0.6) is 28.7 Å². The summed E-state index contributed by atoms with van der Waals surface area (Å²) in [6.45, 7) is 4.59. The van der Waals surface area contributed by atoms with Gasteiger partial charge in [-0.3, -0.25) is 0 Å². The van der Waals surface area contributed by atoms with E-state index in [1.165, 1.54) is 25.7 Å². The van der Waals surface area contributed by atoms with E-state index < -0.39 is 6.10 Å². The molecule has 0 saturated carbocycles. The molecule has 294 valence electrons. The Morgan fingerprint density at radius 2 is 1.00 bits per heavy atom. The summed E-state index contributed by atoms with van der Waals surface area (Å²) in [6, 6.07) is 50.9. The number of rotatable bonds is 21. The molecule has 1 heterocycles. The van der Waals surface area contributed by atoms with Gasteiger partial charge in [-0.25, -0.2) is 0 Å². The summed E-state index contributed by atoms with van der Waals surface area (Å²) >= 11 is 0. The van der Waals surface area contributed by atoms with Crippen molar-refractivity contribution in [3.05, 3.63) is 185 Å². The number of hydrogen-bond acceptors (Lipinski definition) is 6. The third-order valence-corrected chi connectivity index (χ3v) is 10.2. The van der Waals surface area contributed by atoms with Crippen molar-refractivity contribution in [2.24, 2.45) is 0 Å². The van der Waals surface area contributed by atoms with Gasteiger partial charge in [0.05, 0.1) is 0 Å². The van der Waals surface area contributed by atoms with Crippen LogP contribution in [0.2, 0.25) is 0 Å². The molecule has 0 amide bonds. The second-order valence-electron chi connectivity index (χ2n) is 14.6. The molecule has 1 aliphatic rings. The SMILES string of the molecule is CCCCCCCCO[C@H]1Cc2c(OCc3ccccc3)cc(OCc3ccccc3)cc2O[C@@H]1c1ccc(OCc2ccccc2)c(OCc2ccccc2)c1. The molecular weight excluding hydrogens is 709 g/mol. The summed E-state index contributed by atoms with van der Waals surface area (Å²) in [6.07, 6.45) is 7.09. The van der Waals surface area contributed by atoms with E-state index in [0.29, 0.717) is 56.7 Å². The normalized spacial score (nSPS) is 14.6. The molecule has 0 saturated heterocycles.